The Morgan fingerprint density at radius 2 is 1.84 bits per heavy atom. The molecule has 0 radical (unpaired) electrons. The fraction of sp³-hybridized carbons (Fsp3) is 0.294. The van der Waals surface area contributed by atoms with Gasteiger partial charge in [-0.1, -0.05) is 36.4 Å². The normalized spacial score (nSPS) is 16.1. The third-order valence-electron chi connectivity index (χ3n) is 3.71. The fourth-order valence-corrected chi connectivity index (χ4v) is 2.41. The van der Waals surface area contributed by atoms with Gasteiger partial charge in [-0.15, -0.1) is 0 Å². The van der Waals surface area contributed by atoms with Gasteiger partial charge in [0.05, 0.1) is 12.7 Å². The van der Waals surface area contributed by atoms with Gasteiger partial charge in [0, 0.05) is 12.0 Å². The van der Waals surface area contributed by atoms with E-state index in [9.17, 15) is 5.11 Å². The first kappa shape index (κ1) is 12.2. The third-order valence-corrected chi connectivity index (χ3v) is 3.71. The molecule has 3 rings (SSSR count). The topological polar surface area (TPSA) is 29.5 Å². The van der Waals surface area contributed by atoms with Crippen molar-refractivity contribution in [2.45, 2.75) is 24.9 Å². The van der Waals surface area contributed by atoms with Crippen molar-refractivity contribution in [1.29, 1.82) is 0 Å². The fourth-order valence-electron chi connectivity index (χ4n) is 2.41. The van der Waals surface area contributed by atoms with E-state index >= 15 is 0 Å². The van der Waals surface area contributed by atoms with Gasteiger partial charge >= 0.3 is 0 Å². The van der Waals surface area contributed by atoms with Crippen LogP contribution in [0.15, 0.2) is 48.5 Å². The number of rotatable bonds is 4. The molecule has 1 aliphatic rings. The van der Waals surface area contributed by atoms with Crippen LogP contribution in [0.4, 0.5) is 0 Å². The van der Waals surface area contributed by atoms with E-state index in [1.54, 1.807) is 7.11 Å². The minimum atomic E-state index is -0.456. The molecule has 1 N–H and O–H groups in total. The summed E-state index contributed by atoms with van der Waals surface area (Å²) in [4.78, 5) is 0. The molecule has 2 aromatic carbocycles. The van der Waals surface area contributed by atoms with E-state index in [1.165, 1.54) is 5.56 Å². The van der Waals surface area contributed by atoms with Crippen molar-refractivity contribution in [2.24, 2.45) is 0 Å². The lowest BCUT2D eigenvalue weighted by Crippen LogP contribution is -2.10. The molecule has 2 heteroatoms. The second kappa shape index (κ2) is 4.71. The SMILES string of the molecule is COc1ccc(CC2(O)CC2)cc1-c1ccccc1. The van der Waals surface area contributed by atoms with Crippen molar-refractivity contribution in [3.8, 4) is 16.9 Å². The first-order chi connectivity index (χ1) is 9.20. The first-order valence-electron chi connectivity index (χ1n) is 6.65. The molecule has 2 nitrogen and oxygen atoms in total. The number of hydrogen-bond acceptors (Lipinski definition) is 2. The Labute approximate surface area is 113 Å². The zero-order chi connectivity index (χ0) is 13.3. The summed E-state index contributed by atoms with van der Waals surface area (Å²) in [6, 6.07) is 16.4. The quantitative estimate of drug-likeness (QED) is 0.905. The van der Waals surface area contributed by atoms with Gasteiger partial charge in [-0.3, -0.25) is 0 Å². The molecule has 0 aromatic heterocycles. The molecule has 0 spiro atoms. The average molecular weight is 254 g/mol. The van der Waals surface area contributed by atoms with E-state index in [1.807, 2.05) is 30.3 Å². The number of benzene rings is 2. The molecule has 0 heterocycles. The van der Waals surface area contributed by atoms with Crippen LogP contribution < -0.4 is 4.74 Å². The van der Waals surface area contributed by atoms with Gasteiger partial charge in [-0.2, -0.15) is 0 Å². The Kier molecular flexibility index (Phi) is 3.03. The second-order valence-corrected chi connectivity index (χ2v) is 5.30. The lowest BCUT2D eigenvalue weighted by Gasteiger charge is -2.13. The molecule has 1 fully saturated rings. The highest BCUT2D eigenvalue weighted by Crippen LogP contribution is 2.39. The van der Waals surface area contributed by atoms with E-state index in [2.05, 4.69) is 18.2 Å². The highest BCUT2D eigenvalue weighted by atomic mass is 16.5. The van der Waals surface area contributed by atoms with E-state index in [4.69, 9.17) is 4.74 Å². The summed E-state index contributed by atoms with van der Waals surface area (Å²) in [5.41, 5.74) is 2.94. The van der Waals surface area contributed by atoms with Gasteiger partial charge < -0.3 is 9.84 Å². The molecule has 2 aromatic rings. The van der Waals surface area contributed by atoms with E-state index in [0.717, 1.165) is 36.1 Å². The van der Waals surface area contributed by atoms with Gasteiger partial charge in [-0.05, 0) is 36.1 Å². The predicted octanol–water partition coefficient (Wildman–Crippen LogP) is 3.43. The molecule has 0 bridgehead atoms. The van der Waals surface area contributed by atoms with E-state index in [-0.39, 0.29) is 0 Å². The van der Waals surface area contributed by atoms with Crippen LogP contribution in [0.25, 0.3) is 11.1 Å². The summed E-state index contributed by atoms with van der Waals surface area (Å²) in [5.74, 6) is 0.873. The van der Waals surface area contributed by atoms with Crippen LogP contribution >= 0.6 is 0 Å². The van der Waals surface area contributed by atoms with Crippen LogP contribution in [0.5, 0.6) is 5.75 Å². The summed E-state index contributed by atoms with van der Waals surface area (Å²) < 4.78 is 5.44. The molecule has 19 heavy (non-hydrogen) atoms. The molecular formula is C17H18O2. The van der Waals surface area contributed by atoms with Crippen LogP contribution in [-0.4, -0.2) is 17.8 Å². The molecule has 0 unspecified atom stereocenters. The van der Waals surface area contributed by atoms with Crippen LogP contribution in [0.2, 0.25) is 0 Å². The Hall–Kier alpha value is -1.80. The maximum Gasteiger partial charge on any atom is 0.126 e. The van der Waals surface area contributed by atoms with Crippen LogP contribution in [0.1, 0.15) is 18.4 Å². The van der Waals surface area contributed by atoms with Crippen molar-refractivity contribution < 1.29 is 9.84 Å². The molecular weight excluding hydrogens is 236 g/mol. The van der Waals surface area contributed by atoms with Crippen LogP contribution in [-0.2, 0) is 6.42 Å². The van der Waals surface area contributed by atoms with E-state index in [0.29, 0.717) is 0 Å². The molecule has 0 atom stereocenters. The number of ether oxygens (including phenoxy) is 1. The Morgan fingerprint density at radius 3 is 2.47 bits per heavy atom. The summed E-state index contributed by atoms with van der Waals surface area (Å²) in [6.07, 6.45) is 2.57. The molecule has 98 valence electrons. The van der Waals surface area contributed by atoms with Crippen LogP contribution in [0, 0.1) is 0 Å². The lowest BCUT2D eigenvalue weighted by atomic mass is 9.98. The number of hydrogen-bond donors (Lipinski definition) is 1. The molecule has 1 saturated carbocycles. The zero-order valence-corrected chi connectivity index (χ0v) is 11.1. The van der Waals surface area contributed by atoms with Crippen molar-refractivity contribution in [3.63, 3.8) is 0 Å². The standard InChI is InChI=1S/C17H18O2/c1-19-16-8-7-13(12-17(18)9-10-17)11-15(16)14-5-3-2-4-6-14/h2-8,11,18H,9-10,12H2,1H3. The summed E-state index contributed by atoms with van der Waals surface area (Å²) in [7, 11) is 1.69. The third kappa shape index (κ3) is 2.64. The lowest BCUT2D eigenvalue weighted by molar-refractivity contribution is 0.151. The van der Waals surface area contributed by atoms with Gasteiger partial charge in [-0.25, -0.2) is 0 Å². The average Bonchev–Trinajstić information content (AvgIpc) is 3.17. The highest BCUT2D eigenvalue weighted by Gasteiger charge is 2.40. The smallest absolute Gasteiger partial charge is 0.126 e. The maximum absolute atomic E-state index is 10.0. The summed E-state index contributed by atoms with van der Waals surface area (Å²) in [5, 5.41) is 10.0. The van der Waals surface area contributed by atoms with Crippen molar-refractivity contribution in [1.82, 2.24) is 0 Å². The number of methoxy groups -OCH3 is 1. The van der Waals surface area contributed by atoms with E-state index < -0.39 is 5.60 Å². The van der Waals surface area contributed by atoms with Crippen molar-refractivity contribution in [2.75, 3.05) is 7.11 Å². The monoisotopic (exact) mass is 254 g/mol. The van der Waals surface area contributed by atoms with Gasteiger partial charge in [0.2, 0.25) is 0 Å². The second-order valence-electron chi connectivity index (χ2n) is 5.30. The Balaban J connectivity index is 1.98. The maximum atomic E-state index is 10.0. The summed E-state index contributed by atoms with van der Waals surface area (Å²) >= 11 is 0. The van der Waals surface area contributed by atoms with Crippen LogP contribution in [0.3, 0.4) is 0 Å². The summed E-state index contributed by atoms with van der Waals surface area (Å²) in [6.45, 7) is 0. The predicted molar refractivity (Wildman–Crippen MR) is 76.3 cm³/mol. The van der Waals surface area contributed by atoms with Gasteiger partial charge in [0.25, 0.3) is 0 Å². The largest absolute Gasteiger partial charge is 0.496 e. The molecule has 0 aliphatic heterocycles. The zero-order valence-electron chi connectivity index (χ0n) is 11.1. The van der Waals surface area contributed by atoms with Gasteiger partial charge in [0.15, 0.2) is 0 Å². The Bertz CT molecular complexity index is 571. The van der Waals surface area contributed by atoms with Crippen molar-refractivity contribution >= 4 is 0 Å². The first-order valence-corrected chi connectivity index (χ1v) is 6.65. The highest BCUT2D eigenvalue weighted by molar-refractivity contribution is 5.71. The minimum Gasteiger partial charge on any atom is -0.496 e. The molecule has 0 saturated heterocycles. The van der Waals surface area contributed by atoms with Gasteiger partial charge in [0.1, 0.15) is 5.75 Å². The van der Waals surface area contributed by atoms with Crippen molar-refractivity contribution in [3.05, 3.63) is 54.1 Å². The molecule has 1 aliphatic carbocycles. The number of aliphatic hydroxyl groups is 1. The Morgan fingerprint density at radius 1 is 1.11 bits per heavy atom. The minimum absolute atomic E-state index is 0.456. The molecule has 0 amide bonds.